The Kier molecular flexibility index (Phi) is 4.80. The molecule has 4 N–H and O–H groups in total. The normalized spacial score (nSPS) is 24.5. The number of benzene rings is 1. The number of hydrogen-bond acceptors (Lipinski definition) is 5. The van der Waals surface area contributed by atoms with E-state index in [0.29, 0.717) is 30.3 Å². The molecule has 8 heteroatoms. The number of fused-ring (bicyclic) bond motifs is 1. The number of nitrogens with two attached hydrogens (primary N) is 1. The smallest absolute Gasteiger partial charge is 0.404 e. The van der Waals surface area contributed by atoms with Crippen LogP contribution in [0.25, 0.3) is 5.69 Å². The van der Waals surface area contributed by atoms with Gasteiger partial charge in [0.05, 0.1) is 5.69 Å². The lowest BCUT2D eigenvalue weighted by atomic mass is 10.0. The molecule has 0 spiro atoms. The summed E-state index contributed by atoms with van der Waals surface area (Å²) in [5, 5.41) is 11.2. The number of aromatic nitrogens is 2. The zero-order chi connectivity index (χ0) is 19.8. The van der Waals surface area contributed by atoms with Crippen molar-refractivity contribution in [2.75, 3.05) is 25.4 Å². The summed E-state index contributed by atoms with van der Waals surface area (Å²) in [5.74, 6) is 1.98. The molecule has 3 unspecified atom stereocenters. The van der Waals surface area contributed by atoms with Gasteiger partial charge in [-0.2, -0.15) is 4.98 Å². The van der Waals surface area contributed by atoms with Crippen LogP contribution in [0.1, 0.15) is 12.5 Å². The Morgan fingerprint density at radius 2 is 1.96 bits per heavy atom. The van der Waals surface area contributed by atoms with Gasteiger partial charge < -0.3 is 16.2 Å². The molecule has 1 aliphatic heterocycles. The van der Waals surface area contributed by atoms with Crippen molar-refractivity contribution in [2.24, 2.45) is 17.8 Å². The maximum atomic E-state index is 12.0. The van der Waals surface area contributed by atoms with E-state index in [1.807, 2.05) is 24.3 Å². The molecule has 1 aromatic heterocycles. The predicted molar refractivity (Wildman–Crippen MR) is 105 cm³/mol. The van der Waals surface area contributed by atoms with Gasteiger partial charge in [0.15, 0.2) is 0 Å². The average Bonchev–Trinajstić information content (AvgIpc) is 3.10. The second kappa shape index (κ2) is 7.27. The molecule has 1 aromatic carbocycles. The minimum Gasteiger partial charge on any atom is -0.465 e. The van der Waals surface area contributed by atoms with E-state index < -0.39 is 6.09 Å². The third-order valence-electron chi connectivity index (χ3n) is 6.08. The maximum Gasteiger partial charge on any atom is 0.404 e. The molecule has 2 aromatic rings. The van der Waals surface area contributed by atoms with Gasteiger partial charge in [-0.1, -0.05) is 12.1 Å². The Morgan fingerprint density at radius 3 is 2.57 bits per heavy atom. The zero-order valence-electron chi connectivity index (χ0n) is 15.8. The molecule has 1 saturated carbocycles. The van der Waals surface area contributed by atoms with Crippen LogP contribution in [0.3, 0.4) is 0 Å². The molecule has 4 rings (SSSR count). The molecular weight excluding hydrogens is 358 g/mol. The van der Waals surface area contributed by atoms with Crippen molar-refractivity contribution in [1.29, 1.82) is 0 Å². The topological polar surface area (TPSA) is 113 Å². The quantitative estimate of drug-likeness (QED) is 0.691. The van der Waals surface area contributed by atoms with Crippen LogP contribution in [0.4, 0.5) is 10.6 Å². The number of hydrogen-bond donors (Lipinski definition) is 3. The molecular formula is C20H25N5O3. The van der Waals surface area contributed by atoms with E-state index in [4.69, 9.17) is 10.8 Å². The highest BCUT2D eigenvalue weighted by Gasteiger charge is 2.55. The summed E-state index contributed by atoms with van der Waals surface area (Å²) in [6, 6.07) is 9.98. The first-order valence-electron chi connectivity index (χ1n) is 9.57. The second-order valence-electron chi connectivity index (χ2n) is 7.86. The average molecular weight is 383 g/mol. The van der Waals surface area contributed by atoms with Crippen molar-refractivity contribution >= 4 is 11.9 Å². The Labute approximate surface area is 163 Å². The number of amides is 1. The van der Waals surface area contributed by atoms with Crippen LogP contribution in [0, 0.1) is 17.8 Å². The fraction of sp³-hybridized carbons (Fsp3) is 0.450. The lowest BCUT2D eigenvalue weighted by Gasteiger charge is -2.27. The molecule has 2 aliphatic rings. The molecule has 8 nitrogen and oxygen atoms in total. The standard InChI is InChI=1S/C20H25N5O3/c1-12(24-10-16-15(17(16)11-24)9-22-20(27)28)8-13-2-4-14(5-3-13)25-7-6-18(21)23-19(25)26/h2-7,12,15-17,22H,8-11H2,1H3,(H,27,28)(H2,21,23,26). The minimum atomic E-state index is -0.935. The van der Waals surface area contributed by atoms with E-state index in [-0.39, 0.29) is 11.5 Å². The number of rotatable bonds is 6. The van der Waals surface area contributed by atoms with Crippen molar-refractivity contribution in [3.05, 3.63) is 52.6 Å². The molecule has 3 atom stereocenters. The highest BCUT2D eigenvalue weighted by molar-refractivity contribution is 5.64. The van der Waals surface area contributed by atoms with E-state index in [9.17, 15) is 9.59 Å². The van der Waals surface area contributed by atoms with Crippen molar-refractivity contribution in [2.45, 2.75) is 19.4 Å². The second-order valence-corrected chi connectivity index (χ2v) is 7.86. The predicted octanol–water partition coefficient (Wildman–Crippen LogP) is 1.19. The van der Waals surface area contributed by atoms with Crippen LogP contribution in [0.15, 0.2) is 41.3 Å². The van der Waals surface area contributed by atoms with Crippen LogP contribution >= 0.6 is 0 Å². The molecule has 148 valence electrons. The third kappa shape index (κ3) is 3.73. The van der Waals surface area contributed by atoms with Crippen LogP contribution in [-0.4, -0.2) is 51.3 Å². The molecule has 28 heavy (non-hydrogen) atoms. The van der Waals surface area contributed by atoms with Crippen LogP contribution < -0.4 is 16.7 Å². The van der Waals surface area contributed by atoms with E-state index in [0.717, 1.165) is 25.2 Å². The summed E-state index contributed by atoms with van der Waals surface area (Å²) in [4.78, 5) is 28.8. The minimum absolute atomic E-state index is 0.219. The van der Waals surface area contributed by atoms with Gasteiger partial charge in [-0.05, 0) is 54.9 Å². The first-order chi connectivity index (χ1) is 13.4. The number of carbonyl (C=O) groups is 1. The van der Waals surface area contributed by atoms with Crippen LogP contribution in [0.5, 0.6) is 0 Å². The zero-order valence-corrected chi connectivity index (χ0v) is 15.8. The molecule has 1 amide bonds. The number of carboxylic acid groups (broad SMARTS) is 1. The summed E-state index contributed by atoms with van der Waals surface area (Å²) < 4.78 is 1.48. The van der Waals surface area contributed by atoms with Crippen LogP contribution in [-0.2, 0) is 6.42 Å². The lowest BCUT2D eigenvalue weighted by Crippen LogP contribution is -2.36. The monoisotopic (exact) mass is 383 g/mol. The Bertz CT molecular complexity index is 914. The number of piperidine rings is 1. The summed E-state index contributed by atoms with van der Waals surface area (Å²) >= 11 is 0. The van der Waals surface area contributed by atoms with E-state index in [1.54, 1.807) is 12.3 Å². The molecule has 1 aliphatic carbocycles. The van der Waals surface area contributed by atoms with Gasteiger partial charge in [-0.3, -0.25) is 9.47 Å². The van der Waals surface area contributed by atoms with E-state index in [2.05, 4.69) is 22.1 Å². The number of anilines is 1. The molecule has 0 radical (unpaired) electrons. The lowest BCUT2D eigenvalue weighted by molar-refractivity contribution is 0.190. The molecule has 2 fully saturated rings. The van der Waals surface area contributed by atoms with E-state index in [1.165, 1.54) is 10.1 Å². The van der Waals surface area contributed by atoms with Gasteiger partial charge in [0.1, 0.15) is 5.82 Å². The van der Waals surface area contributed by atoms with E-state index >= 15 is 0 Å². The number of nitrogens with zero attached hydrogens (tertiary/aromatic N) is 3. The summed E-state index contributed by atoms with van der Waals surface area (Å²) in [6.45, 7) is 4.90. The summed E-state index contributed by atoms with van der Waals surface area (Å²) in [6.07, 6.45) is 1.64. The van der Waals surface area contributed by atoms with Gasteiger partial charge in [0, 0.05) is 31.9 Å². The number of likely N-dealkylation sites (tertiary alicyclic amines) is 1. The van der Waals surface area contributed by atoms with Gasteiger partial charge in [0.25, 0.3) is 0 Å². The van der Waals surface area contributed by atoms with Gasteiger partial charge in [-0.25, -0.2) is 9.59 Å². The van der Waals surface area contributed by atoms with Gasteiger partial charge >= 0.3 is 11.8 Å². The summed E-state index contributed by atoms with van der Waals surface area (Å²) in [7, 11) is 0. The van der Waals surface area contributed by atoms with Crippen LogP contribution in [0.2, 0.25) is 0 Å². The van der Waals surface area contributed by atoms with Gasteiger partial charge in [0.2, 0.25) is 0 Å². The summed E-state index contributed by atoms with van der Waals surface area (Å²) in [5.41, 5.74) is 7.14. The number of nitrogens with one attached hydrogen (secondary N) is 1. The molecule has 1 saturated heterocycles. The fourth-order valence-electron chi connectivity index (χ4n) is 4.43. The Hall–Kier alpha value is -2.87. The first-order valence-corrected chi connectivity index (χ1v) is 9.57. The van der Waals surface area contributed by atoms with Crippen molar-refractivity contribution in [3.8, 4) is 5.69 Å². The largest absolute Gasteiger partial charge is 0.465 e. The molecule has 0 bridgehead atoms. The van der Waals surface area contributed by atoms with Crippen molar-refractivity contribution < 1.29 is 9.90 Å². The van der Waals surface area contributed by atoms with Crippen molar-refractivity contribution in [3.63, 3.8) is 0 Å². The number of nitrogen functional groups attached to an aromatic ring is 1. The fourth-order valence-corrected chi connectivity index (χ4v) is 4.43. The highest BCUT2D eigenvalue weighted by Crippen LogP contribution is 2.51. The highest BCUT2D eigenvalue weighted by atomic mass is 16.4. The van der Waals surface area contributed by atoms with Gasteiger partial charge in [-0.15, -0.1) is 0 Å². The Balaban J connectivity index is 1.32. The maximum absolute atomic E-state index is 12.0. The molecule has 2 heterocycles. The van der Waals surface area contributed by atoms with Crippen molar-refractivity contribution in [1.82, 2.24) is 19.8 Å². The third-order valence-corrected chi connectivity index (χ3v) is 6.08. The SMILES string of the molecule is CC(Cc1ccc(-n2ccc(N)nc2=O)cc1)N1CC2C(CNC(=O)O)C2C1. The first kappa shape index (κ1) is 18.5. The Morgan fingerprint density at radius 1 is 1.29 bits per heavy atom.